The molecule has 0 N–H and O–H groups in total. The molecule has 25 heavy (non-hydrogen) atoms. The van der Waals surface area contributed by atoms with Crippen LogP contribution in [0.3, 0.4) is 0 Å². The first-order valence-corrected chi connectivity index (χ1v) is 9.51. The fourth-order valence-corrected chi connectivity index (χ4v) is 4.21. The molecule has 0 atom stereocenters. The molecule has 0 bridgehead atoms. The number of nitrogens with zero attached hydrogens (tertiary/aromatic N) is 1. The molecule has 0 radical (unpaired) electrons. The lowest BCUT2D eigenvalue weighted by molar-refractivity contribution is 0.397. The molecule has 0 aliphatic heterocycles. The van der Waals surface area contributed by atoms with Crippen LogP contribution in [0, 0.1) is 0 Å². The van der Waals surface area contributed by atoms with Crippen molar-refractivity contribution in [2.75, 3.05) is 14.2 Å². The minimum absolute atomic E-state index is 0.158. The van der Waals surface area contributed by atoms with Crippen LogP contribution < -0.4 is 4.74 Å². The number of fused-ring (bicyclic) bond motifs is 1. The van der Waals surface area contributed by atoms with Crippen molar-refractivity contribution in [3.63, 3.8) is 0 Å². The molecule has 0 saturated heterocycles. The molecule has 2 aromatic carbocycles. The molecule has 0 amide bonds. The summed E-state index contributed by atoms with van der Waals surface area (Å²) in [6.07, 6.45) is 0.701. The molecule has 0 aliphatic carbocycles. The van der Waals surface area contributed by atoms with Crippen LogP contribution >= 0.6 is 0 Å². The SMILES string of the molecule is CCc1oc2ccccc2c1CN(C)S(=O)(=O)c1ccccc1OC. The fraction of sp³-hybridized carbons (Fsp3) is 0.263. The molecule has 0 unspecified atom stereocenters. The van der Waals surface area contributed by atoms with Crippen LogP contribution in [0.4, 0.5) is 0 Å². The minimum Gasteiger partial charge on any atom is -0.495 e. The van der Waals surface area contributed by atoms with Gasteiger partial charge in [-0.1, -0.05) is 37.3 Å². The summed E-state index contributed by atoms with van der Waals surface area (Å²) >= 11 is 0. The van der Waals surface area contributed by atoms with E-state index in [4.69, 9.17) is 9.15 Å². The van der Waals surface area contributed by atoms with E-state index in [0.717, 1.165) is 22.3 Å². The molecule has 6 heteroatoms. The number of rotatable bonds is 6. The third-order valence-corrected chi connectivity index (χ3v) is 6.08. The number of hydrogen-bond donors (Lipinski definition) is 0. The fourth-order valence-electron chi connectivity index (χ4n) is 2.92. The van der Waals surface area contributed by atoms with E-state index >= 15 is 0 Å². The van der Waals surface area contributed by atoms with Crippen LogP contribution in [-0.4, -0.2) is 26.9 Å². The molecule has 3 aromatic rings. The number of aryl methyl sites for hydroxylation is 1. The van der Waals surface area contributed by atoms with Gasteiger partial charge in [-0.3, -0.25) is 0 Å². The molecular formula is C19H21NO4S. The van der Waals surface area contributed by atoms with Crippen molar-refractivity contribution in [3.8, 4) is 5.75 Å². The maximum atomic E-state index is 13.0. The topological polar surface area (TPSA) is 59.8 Å². The second kappa shape index (κ2) is 6.90. The predicted octanol–water partition coefficient (Wildman–Crippen LogP) is 3.82. The smallest absolute Gasteiger partial charge is 0.246 e. The van der Waals surface area contributed by atoms with Gasteiger partial charge in [0.25, 0.3) is 0 Å². The highest BCUT2D eigenvalue weighted by Crippen LogP contribution is 2.30. The average molecular weight is 359 g/mol. The van der Waals surface area contributed by atoms with E-state index in [9.17, 15) is 8.42 Å². The summed E-state index contributed by atoms with van der Waals surface area (Å²) in [6, 6.07) is 14.3. The Kier molecular flexibility index (Phi) is 4.83. The summed E-state index contributed by atoms with van der Waals surface area (Å²) in [5, 5.41) is 0.946. The monoisotopic (exact) mass is 359 g/mol. The molecule has 0 aliphatic rings. The Morgan fingerprint density at radius 1 is 1.08 bits per heavy atom. The number of para-hydroxylation sites is 2. The minimum atomic E-state index is -3.68. The van der Waals surface area contributed by atoms with E-state index in [1.807, 2.05) is 31.2 Å². The third kappa shape index (κ3) is 3.15. The van der Waals surface area contributed by atoms with Crippen molar-refractivity contribution in [3.05, 3.63) is 59.9 Å². The number of furan rings is 1. The van der Waals surface area contributed by atoms with Crippen LogP contribution in [0.25, 0.3) is 11.0 Å². The van der Waals surface area contributed by atoms with Gasteiger partial charge < -0.3 is 9.15 Å². The van der Waals surface area contributed by atoms with Crippen molar-refractivity contribution in [2.45, 2.75) is 24.8 Å². The Labute approximate surface area is 147 Å². The first kappa shape index (κ1) is 17.5. The molecular weight excluding hydrogens is 338 g/mol. The van der Waals surface area contributed by atoms with Crippen LogP contribution in [0.5, 0.6) is 5.75 Å². The van der Waals surface area contributed by atoms with Gasteiger partial charge in [-0.25, -0.2) is 8.42 Å². The first-order valence-electron chi connectivity index (χ1n) is 8.07. The Hall–Kier alpha value is -2.31. The van der Waals surface area contributed by atoms with Crippen molar-refractivity contribution in [1.29, 1.82) is 0 Å². The highest BCUT2D eigenvalue weighted by atomic mass is 32.2. The zero-order valence-electron chi connectivity index (χ0n) is 14.5. The lowest BCUT2D eigenvalue weighted by Gasteiger charge is -2.19. The molecule has 0 spiro atoms. The maximum absolute atomic E-state index is 13.0. The van der Waals surface area contributed by atoms with E-state index < -0.39 is 10.0 Å². The van der Waals surface area contributed by atoms with E-state index in [1.165, 1.54) is 11.4 Å². The number of sulfonamides is 1. The van der Waals surface area contributed by atoms with E-state index in [0.29, 0.717) is 12.2 Å². The summed E-state index contributed by atoms with van der Waals surface area (Å²) in [7, 11) is -0.647. The van der Waals surface area contributed by atoms with Gasteiger partial charge in [0.15, 0.2) is 0 Å². The molecule has 0 fully saturated rings. The molecule has 3 rings (SSSR count). The van der Waals surface area contributed by atoms with E-state index in [-0.39, 0.29) is 11.4 Å². The van der Waals surface area contributed by atoms with Crippen LogP contribution in [-0.2, 0) is 23.0 Å². The van der Waals surface area contributed by atoms with Gasteiger partial charge in [-0.05, 0) is 18.2 Å². The second-order valence-electron chi connectivity index (χ2n) is 5.77. The lowest BCUT2D eigenvalue weighted by Crippen LogP contribution is -2.27. The van der Waals surface area contributed by atoms with Gasteiger partial charge in [-0.2, -0.15) is 4.31 Å². The second-order valence-corrected chi connectivity index (χ2v) is 7.78. The Bertz CT molecular complexity index is 992. The Balaban J connectivity index is 2.01. The quantitative estimate of drug-likeness (QED) is 0.671. The van der Waals surface area contributed by atoms with Crippen molar-refractivity contribution in [1.82, 2.24) is 4.31 Å². The summed E-state index contributed by atoms with van der Waals surface area (Å²) in [6.45, 7) is 2.23. The van der Waals surface area contributed by atoms with Crippen LogP contribution in [0.2, 0.25) is 0 Å². The van der Waals surface area contributed by atoms with Gasteiger partial charge in [0.2, 0.25) is 10.0 Å². The zero-order valence-corrected chi connectivity index (χ0v) is 15.3. The lowest BCUT2D eigenvalue weighted by atomic mass is 10.1. The highest BCUT2D eigenvalue weighted by molar-refractivity contribution is 7.89. The first-order chi connectivity index (χ1) is 12.0. The van der Waals surface area contributed by atoms with Gasteiger partial charge >= 0.3 is 0 Å². The van der Waals surface area contributed by atoms with E-state index in [1.54, 1.807) is 31.3 Å². The number of methoxy groups -OCH3 is 1. The van der Waals surface area contributed by atoms with Gasteiger partial charge in [0.05, 0.1) is 7.11 Å². The summed E-state index contributed by atoms with van der Waals surface area (Å²) < 4.78 is 38.4. The van der Waals surface area contributed by atoms with Crippen molar-refractivity contribution < 1.29 is 17.6 Å². The van der Waals surface area contributed by atoms with Crippen molar-refractivity contribution >= 4 is 21.0 Å². The Morgan fingerprint density at radius 2 is 1.76 bits per heavy atom. The number of ether oxygens (including phenoxy) is 1. The number of benzene rings is 2. The van der Waals surface area contributed by atoms with Gasteiger partial charge in [0.1, 0.15) is 22.0 Å². The van der Waals surface area contributed by atoms with Crippen molar-refractivity contribution in [2.24, 2.45) is 0 Å². The normalized spacial score (nSPS) is 12.0. The largest absolute Gasteiger partial charge is 0.495 e. The Morgan fingerprint density at radius 3 is 2.48 bits per heavy atom. The van der Waals surface area contributed by atoms with Gasteiger partial charge in [-0.15, -0.1) is 0 Å². The molecule has 1 heterocycles. The maximum Gasteiger partial charge on any atom is 0.246 e. The summed E-state index contributed by atoms with van der Waals surface area (Å²) in [5.41, 5.74) is 1.68. The highest BCUT2D eigenvalue weighted by Gasteiger charge is 2.26. The van der Waals surface area contributed by atoms with Crippen LogP contribution in [0.1, 0.15) is 18.2 Å². The molecule has 132 valence electrons. The predicted molar refractivity (Wildman–Crippen MR) is 97.2 cm³/mol. The third-order valence-electron chi connectivity index (χ3n) is 4.24. The standard InChI is InChI=1S/C19H21NO4S/c1-4-16-15(14-9-5-6-10-17(14)24-16)13-20(2)25(21,22)19-12-8-7-11-18(19)23-3/h5-12H,4,13H2,1-3H3. The summed E-state index contributed by atoms with van der Waals surface area (Å²) in [5.74, 6) is 1.14. The van der Waals surface area contributed by atoms with Gasteiger partial charge in [0, 0.05) is 31.0 Å². The number of hydrogen-bond acceptors (Lipinski definition) is 4. The zero-order chi connectivity index (χ0) is 18.0. The molecule has 5 nitrogen and oxygen atoms in total. The average Bonchev–Trinajstić information content (AvgIpc) is 2.99. The van der Waals surface area contributed by atoms with Crippen LogP contribution in [0.15, 0.2) is 57.8 Å². The summed E-state index contributed by atoms with van der Waals surface area (Å²) in [4.78, 5) is 0.158. The van der Waals surface area contributed by atoms with E-state index in [2.05, 4.69) is 0 Å². The molecule has 0 saturated carbocycles. The molecule has 1 aromatic heterocycles.